The van der Waals surface area contributed by atoms with Crippen molar-refractivity contribution in [1.29, 1.82) is 0 Å². The lowest BCUT2D eigenvalue weighted by Gasteiger charge is -2.31. The molecule has 148 valence electrons. The van der Waals surface area contributed by atoms with Crippen LogP contribution in [0.25, 0.3) is 0 Å². The summed E-state index contributed by atoms with van der Waals surface area (Å²) in [6.07, 6.45) is 1.48. The Morgan fingerprint density at radius 3 is 2.67 bits per heavy atom. The fourth-order valence-electron chi connectivity index (χ4n) is 3.07. The van der Waals surface area contributed by atoms with Gasteiger partial charge in [-0.05, 0) is 44.0 Å². The van der Waals surface area contributed by atoms with Gasteiger partial charge >= 0.3 is 6.09 Å². The second-order valence-corrected chi connectivity index (χ2v) is 6.62. The largest absolute Gasteiger partial charge is 0.450 e. The molecular formula is C19H28N4O4. The van der Waals surface area contributed by atoms with E-state index in [1.54, 1.807) is 6.92 Å². The molecule has 0 saturated carbocycles. The first-order chi connectivity index (χ1) is 13.0. The Labute approximate surface area is 159 Å². The number of primary amides is 1. The van der Waals surface area contributed by atoms with E-state index in [0.717, 1.165) is 31.5 Å². The molecule has 4 N–H and O–H groups in total. The second kappa shape index (κ2) is 10.5. The molecule has 1 aromatic carbocycles. The molecule has 1 aliphatic rings. The van der Waals surface area contributed by atoms with Gasteiger partial charge in [0.25, 0.3) is 0 Å². The van der Waals surface area contributed by atoms with E-state index in [-0.39, 0.29) is 30.7 Å². The lowest BCUT2D eigenvalue weighted by molar-refractivity contribution is -0.123. The molecule has 0 bridgehead atoms. The van der Waals surface area contributed by atoms with Gasteiger partial charge in [-0.25, -0.2) is 4.79 Å². The number of carbonyl (C=O) groups is 3. The average Bonchev–Trinajstić information content (AvgIpc) is 2.64. The van der Waals surface area contributed by atoms with Gasteiger partial charge in [0.1, 0.15) is 0 Å². The molecule has 1 unspecified atom stereocenters. The zero-order valence-corrected chi connectivity index (χ0v) is 15.7. The van der Waals surface area contributed by atoms with Crippen LogP contribution in [-0.4, -0.2) is 49.0 Å². The standard InChI is InChI=1S/C19H28N4O4/c1-2-27-19(26)21-10-9-17(24)22-16-7-5-14(6-8-16)12-23-11-3-4-15(13-23)18(20)25/h5-8,15H,2-4,9-13H2,1H3,(H2,20,25)(H,21,26)(H,22,24). The van der Waals surface area contributed by atoms with Gasteiger partial charge in [0.2, 0.25) is 11.8 Å². The SMILES string of the molecule is CCOC(=O)NCCC(=O)Nc1ccc(CN2CCCC(C(N)=O)C2)cc1. The van der Waals surface area contributed by atoms with E-state index in [0.29, 0.717) is 18.8 Å². The predicted molar refractivity (Wildman–Crippen MR) is 102 cm³/mol. The van der Waals surface area contributed by atoms with Crippen molar-refractivity contribution in [2.75, 3.05) is 31.6 Å². The minimum Gasteiger partial charge on any atom is -0.450 e. The van der Waals surface area contributed by atoms with Crippen molar-refractivity contribution in [2.24, 2.45) is 11.7 Å². The van der Waals surface area contributed by atoms with Crippen molar-refractivity contribution >= 4 is 23.6 Å². The maximum atomic E-state index is 11.9. The number of ether oxygens (including phenoxy) is 1. The Morgan fingerprint density at radius 1 is 1.26 bits per heavy atom. The third-order valence-corrected chi connectivity index (χ3v) is 4.45. The molecule has 27 heavy (non-hydrogen) atoms. The van der Waals surface area contributed by atoms with Crippen molar-refractivity contribution in [1.82, 2.24) is 10.2 Å². The van der Waals surface area contributed by atoms with Crippen LogP contribution in [0, 0.1) is 5.92 Å². The number of alkyl carbamates (subject to hydrolysis) is 1. The average molecular weight is 376 g/mol. The monoisotopic (exact) mass is 376 g/mol. The van der Waals surface area contributed by atoms with E-state index in [9.17, 15) is 14.4 Å². The summed E-state index contributed by atoms with van der Waals surface area (Å²) in [5.74, 6) is -0.476. The summed E-state index contributed by atoms with van der Waals surface area (Å²) in [5, 5.41) is 5.30. The number of nitrogens with two attached hydrogens (primary N) is 1. The number of rotatable bonds is 8. The second-order valence-electron chi connectivity index (χ2n) is 6.62. The fourth-order valence-corrected chi connectivity index (χ4v) is 3.07. The van der Waals surface area contributed by atoms with E-state index in [1.165, 1.54) is 0 Å². The molecule has 1 aliphatic heterocycles. The number of carbonyl (C=O) groups excluding carboxylic acids is 3. The molecule has 0 aromatic heterocycles. The molecule has 8 heteroatoms. The van der Waals surface area contributed by atoms with Crippen molar-refractivity contribution in [3.05, 3.63) is 29.8 Å². The van der Waals surface area contributed by atoms with Crippen LogP contribution >= 0.6 is 0 Å². The van der Waals surface area contributed by atoms with E-state index in [4.69, 9.17) is 10.5 Å². The fraction of sp³-hybridized carbons (Fsp3) is 0.526. The van der Waals surface area contributed by atoms with Gasteiger partial charge in [-0.2, -0.15) is 0 Å². The number of anilines is 1. The van der Waals surface area contributed by atoms with Crippen LogP contribution in [0.1, 0.15) is 31.7 Å². The third kappa shape index (κ3) is 7.26. The van der Waals surface area contributed by atoms with Gasteiger partial charge in [0.05, 0.1) is 12.5 Å². The molecule has 0 spiro atoms. The van der Waals surface area contributed by atoms with Crippen LogP contribution < -0.4 is 16.4 Å². The van der Waals surface area contributed by atoms with Crippen molar-refractivity contribution in [2.45, 2.75) is 32.7 Å². The Kier molecular flexibility index (Phi) is 8.06. The van der Waals surface area contributed by atoms with Gasteiger partial charge < -0.3 is 21.1 Å². The number of piperidine rings is 1. The first-order valence-corrected chi connectivity index (χ1v) is 9.29. The van der Waals surface area contributed by atoms with Gasteiger partial charge in [0.15, 0.2) is 0 Å². The van der Waals surface area contributed by atoms with Gasteiger partial charge in [-0.15, -0.1) is 0 Å². The molecule has 0 radical (unpaired) electrons. The van der Waals surface area contributed by atoms with E-state index in [2.05, 4.69) is 15.5 Å². The zero-order valence-electron chi connectivity index (χ0n) is 15.7. The molecular weight excluding hydrogens is 348 g/mol. The lowest BCUT2D eigenvalue weighted by atomic mass is 9.97. The Hall–Kier alpha value is -2.61. The summed E-state index contributed by atoms with van der Waals surface area (Å²) in [5.41, 5.74) is 7.23. The minimum atomic E-state index is -0.522. The first kappa shape index (κ1) is 20.7. The highest BCUT2D eigenvalue weighted by molar-refractivity contribution is 5.91. The number of benzene rings is 1. The number of likely N-dealkylation sites (tertiary alicyclic amines) is 1. The highest BCUT2D eigenvalue weighted by Crippen LogP contribution is 2.19. The molecule has 1 heterocycles. The lowest BCUT2D eigenvalue weighted by Crippen LogP contribution is -2.40. The predicted octanol–water partition coefficient (Wildman–Crippen LogP) is 1.46. The van der Waals surface area contributed by atoms with E-state index >= 15 is 0 Å². The summed E-state index contributed by atoms with van der Waals surface area (Å²) < 4.78 is 4.73. The molecule has 0 aliphatic carbocycles. The number of hydrogen-bond acceptors (Lipinski definition) is 5. The quantitative estimate of drug-likeness (QED) is 0.636. The summed E-state index contributed by atoms with van der Waals surface area (Å²) in [4.78, 5) is 36.6. The number of nitrogens with one attached hydrogen (secondary N) is 2. The maximum absolute atomic E-state index is 11.9. The van der Waals surface area contributed by atoms with Crippen molar-refractivity contribution < 1.29 is 19.1 Å². The smallest absolute Gasteiger partial charge is 0.407 e. The third-order valence-electron chi connectivity index (χ3n) is 4.45. The van der Waals surface area contributed by atoms with Gasteiger partial charge in [-0.1, -0.05) is 12.1 Å². The molecule has 2 rings (SSSR count). The Bertz CT molecular complexity index is 648. The highest BCUT2D eigenvalue weighted by Gasteiger charge is 2.23. The molecule has 8 nitrogen and oxygen atoms in total. The summed E-state index contributed by atoms with van der Waals surface area (Å²) in [6, 6.07) is 7.61. The van der Waals surface area contributed by atoms with Crippen LogP contribution in [0.3, 0.4) is 0 Å². The first-order valence-electron chi connectivity index (χ1n) is 9.29. The molecule has 1 aromatic rings. The summed E-state index contributed by atoms with van der Waals surface area (Å²) >= 11 is 0. The number of hydrogen-bond donors (Lipinski definition) is 3. The number of amides is 3. The van der Waals surface area contributed by atoms with Gasteiger partial charge in [0, 0.05) is 31.7 Å². The molecule has 1 atom stereocenters. The van der Waals surface area contributed by atoms with Crippen molar-refractivity contribution in [3.8, 4) is 0 Å². The normalized spacial score (nSPS) is 17.1. The Balaban J connectivity index is 1.75. The molecule has 1 fully saturated rings. The van der Waals surface area contributed by atoms with Crippen LogP contribution in [-0.2, 0) is 20.9 Å². The number of nitrogens with zero attached hydrogens (tertiary/aromatic N) is 1. The minimum absolute atomic E-state index is 0.0690. The van der Waals surface area contributed by atoms with Crippen LogP contribution in [0.15, 0.2) is 24.3 Å². The highest BCUT2D eigenvalue weighted by atomic mass is 16.5. The van der Waals surface area contributed by atoms with Gasteiger partial charge in [-0.3, -0.25) is 14.5 Å². The molecule has 1 saturated heterocycles. The van der Waals surface area contributed by atoms with Crippen LogP contribution in [0.5, 0.6) is 0 Å². The molecule has 3 amide bonds. The Morgan fingerprint density at radius 2 is 2.00 bits per heavy atom. The van der Waals surface area contributed by atoms with E-state index in [1.807, 2.05) is 24.3 Å². The van der Waals surface area contributed by atoms with Crippen molar-refractivity contribution in [3.63, 3.8) is 0 Å². The maximum Gasteiger partial charge on any atom is 0.407 e. The summed E-state index contributed by atoms with van der Waals surface area (Å²) in [7, 11) is 0. The topological polar surface area (TPSA) is 114 Å². The van der Waals surface area contributed by atoms with E-state index < -0.39 is 6.09 Å². The zero-order chi connectivity index (χ0) is 19.6. The van der Waals surface area contributed by atoms with Crippen LogP contribution in [0.4, 0.5) is 10.5 Å². The van der Waals surface area contributed by atoms with Crippen LogP contribution in [0.2, 0.25) is 0 Å². The summed E-state index contributed by atoms with van der Waals surface area (Å²) in [6.45, 7) is 4.64.